The molecule has 5 nitrogen and oxygen atoms in total. The van der Waals surface area contributed by atoms with Gasteiger partial charge in [0.25, 0.3) is 0 Å². The van der Waals surface area contributed by atoms with E-state index >= 15 is 0 Å². The van der Waals surface area contributed by atoms with Crippen molar-refractivity contribution in [1.29, 1.82) is 0 Å². The summed E-state index contributed by atoms with van der Waals surface area (Å²) < 4.78 is 0. The maximum Gasteiger partial charge on any atom is 0.230 e. The van der Waals surface area contributed by atoms with Gasteiger partial charge in [-0.3, -0.25) is 4.79 Å². The van der Waals surface area contributed by atoms with Crippen LogP contribution in [-0.4, -0.2) is 22.1 Å². The topological polar surface area (TPSA) is 80.9 Å². The minimum Gasteiger partial charge on any atom is -0.327 e. The summed E-state index contributed by atoms with van der Waals surface area (Å²) in [5, 5.41) is 12.3. The Labute approximate surface area is 105 Å². The Kier molecular flexibility index (Phi) is 4.06. The van der Waals surface area contributed by atoms with Crippen molar-refractivity contribution in [2.24, 2.45) is 11.7 Å². The molecule has 6 heteroatoms. The first-order valence-corrected chi connectivity index (χ1v) is 6.91. The van der Waals surface area contributed by atoms with E-state index in [4.69, 9.17) is 5.73 Å². The highest BCUT2D eigenvalue weighted by Gasteiger charge is 2.28. The first-order valence-electron chi connectivity index (χ1n) is 6.09. The first-order chi connectivity index (χ1) is 8.20. The number of hydrogen-bond donors (Lipinski definition) is 2. The molecule has 0 spiro atoms. The van der Waals surface area contributed by atoms with E-state index in [1.54, 1.807) is 0 Å². The molecule has 2 rings (SSSR count). The lowest BCUT2D eigenvalue weighted by Gasteiger charge is -2.26. The molecule has 3 N–H and O–H groups in total. The fourth-order valence-electron chi connectivity index (χ4n) is 2.13. The van der Waals surface area contributed by atoms with Gasteiger partial charge in [-0.2, -0.15) is 0 Å². The maximum atomic E-state index is 12.0. The van der Waals surface area contributed by atoms with Crippen molar-refractivity contribution >= 4 is 22.4 Å². The monoisotopic (exact) mass is 254 g/mol. The predicted octanol–water partition coefficient (Wildman–Crippen LogP) is 1.56. The van der Waals surface area contributed by atoms with Gasteiger partial charge in [0.1, 0.15) is 5.01 Å². The number of carbonyl (C=O) groups excluding carboxylic acids is 1. The van der Waals surface area contributed by atoms with Crippen LogP contribution in [0.15, 0.2) is 0 Å². The molecule has 2 atom stereocenters. The molecule has 1 aromatic rings. The van der Waals surface area contributed by atoms with Crippen molar-refractivity contribution in [3.63, 3.8) is 0 Å². The number of hydrogen-bond acceptors (Lipinski definition) is 5. The van der Waals surface area contributed by atoms with E-state index in [0.29, 0.717) is 5.13 Å². The molecule has 94 valence electrons. The lowest BCUT2D eigenvalue weighted by Crippen LogP contribution is -2.40. The first kappa shape index (κ1) is 12.4. The second-order valence-corrected chi connectivity index (χ2v) is 5.46. The van der Waals surface area contributed by atoms with E-state index in [1.807, 2.05) is 6.92 Å². The minimum absolute atomic E-state index is 0.00370. The van der Waals surface area contributed by atoms with Crippen molar-refractivity contribution in [1.82, 2.24) is 10.2 Å². The zero-order valence-corrected chi connectivity index (χ0v) is 10.8. The normalized spacial score (nSPS) is 24.6. The molecule has 1 aromatic heterocycles. The van der Waals surface area contributed by atoms with E-state index < -0.39 is 0 Å². The van der Waals surface area contributed by atoms with E-state index in [1.165, 1.54) is 11.3 Å². The van der Waals surface area contributed by atoms with Gasteiger partial charge in [0, 0.05) is 6.04 Å². The minimum atomic E-state index is -0.0715. The molecule has 1 fully saturated rings. The average molecular weight is 254 g/mol. The zero-order chi connectivity index (χ0) is 12.3. The van der Waals surface area contributed by atoms with Crippen molar-refractivity contribution in [3.05, 3.63) is 5.01 Å². The Bertz CT molecular complexity index is 393. The average Bonchev–Trinajstić information content (AvgIpc) is 2.77. The predicted molar refractivity (Wildman–Crippen MR) is 67.9 cm³/mol. The van der Waals surface area contributed by atoms with Gasteiger partial charge in [-0.05, 0) is 19.3 Å². The quantitative estimate of drug-likeness (QED) is 0.857. The van der Waals surface area contributed by atoms with Crippen LogP contribution < -0.4 is 11.1 Å². The van der Waals surface area contributed by atoms with E-state index in [2.05, 4.69) is 15.5 Å². The standard InChI is InChI=1S/C11H18N4OS/c1-2-9-14-15-11(17-9)13-10(16)7-5-3-4-6-8(7)12/h7-8H,2-6,12H2,1H3,(H,13,15,16). The van der Waals surface area contributed by atoms with Crippen LogP contribution in [0.5, 0.6) is 0 Å². The lowest BCUT2D eigenvalue weighted by molar-refractivity contribution is -0.121. The molecule has 0 bridgehead atoms. The Hall–Kier alpha value is -1.01. The van der Waals surface area contributed by atoms with Crippen molar-refractivity contribution in [2.75, 3.05) is 5.32 Å². The molecule has 0 aliphatic heterocycles. The summed E-state index contributed by atoms with van der Waals surface area (Å²) in [5.41, 5.74) is 5.97. The van der Waals surface area contributed by atoms with Gasteiger partial charge in [-0.1, -0.05) is 31.1 Å². The summed E-state index contributed by atoms with van der Waals surface area (Å²) in [5.74, 6) is -0.0753. The third-order valence-corrected chi connectivity index (χ3v) is 4.14. The molecule has 1 amide bonds. The molecule has 2 unspecified atom stereocenters. The highest BCUT2D eigenvalue weighted by molar-refractivity contribution is 7.15. The van der Waals surface area contributed by atoms with Gasteiger partial charge in [-0.25, -0.2) is 0 Å². The fourth-order valence-corrected chi connectivity index (χ4v) is 2.81. The molecule has 1 aliphatic rings. The Morgan fingerprint density at radius 2 is 2.24 bits per heavy atom. The summed E-state index contributed by atoms with van der Waals surface area (Å²) >= 11 is 1.43. The maximum absolute atomic E-state index is 12.0. The van der Waals surface area contributed by atoms with Crippen molar-refractivity contribution in [2.45, 2.75) is 45.1 Å². The van der Waals surface area contributed by atoms with Gasteiger partial charge in [-0.15, -0.1) is 10.2 Å². The summed E-state index contributed by atoms with van der Waals surface area (Å²) in [7, 11) is 0. The van der Waals surface area contributed by atoms with Crippen LogP contribution in [-0.2, 0) is 11.2 Å². The molecule has 0 radical (unpaired) electrons. The van der Waals surface area contributed by atoms with Crippen LogP contribution in [0.3, 0.4) is 0 Å². The molecule has 1 heterocycles. The Balaban J connectivity index is 1.95. The van der Waals surface area contributed by atoms with Crippen LogP contribution in [0.2, 0.25) is 0 Å². The summed E-state index contributed by atoms with van der Waals surface area (Å²) in [4.78, 5) is 12.0. The number of amides is 1. The van der Waals surface area contributed by atoms with Crippen LogP contribution in [0.4, 0.5) is 5.13 Å². The van der Waals surface area contributed by atoms with Crippen LogP contribution in [0, 0.1) is 5.92 Å². The SMILES string of the molecule is CCc1nnc(NC(=O)C2CCCCC2N)s1. The van der Waals surface area contributed by atoms with Gasteiger partial charge >= 0.3 is 0 Å². The molecule has 1 aliphatic carbocycles. The summed E-state index contributed by atoms with van der Waals surface area (Å²) in [6, 6.07) is -0.0117. The van der Waals surface area contributed by atoms with E-state index in [9.17, 15) is 4.79 Å². The number of nitrogens with one attached hydrogen (secondary N) is 1. The number of nitrogens with two attached hydrogens (primary N) is 1. The molecule has 0 saturated heterocycles. The Morgan fingerprint density at radius 1 is 1.47 bits per heavy atom. The highest BCUT2D eigenvalue weighted by atomic mass is 32.1. The van der Waals surface area contributed by atoms with E-state index in [0.717, 1.165) is 37.1 Å². The van der Waals surface area contributed by atoms with Gasteiger partial charge in [0.05, 0.1) is 5.92 Å². The van der Waals surface area contributed by atoms with Crippen molar-refractivity contribution < 1.29 is 4.79 Å². The number of nitrogens with zero attached hydrogens (tertiary/aromatic N) is 2. The molecule has 0 aromatic carbocycles. The number of aryl methyl sites for hydroxylation is 1. The molecule has 17 heavy (non-hydrogen) atoms. The van der Waals surface area contributed by atoms with Crippen LogP contribution in [0.25, 0.3) is 0 Å². The summed E-state index contributed by atoms with van der Waals surface area (Å²) in [6.07, 6.45) is 4.88. The van der Waals surface area contributed by atoms with Crippen LogP contribution in [0.1, 0.15) is 37.6 Å². The second kappa shape index (κ2) is 5.55. The van der Waals surface area contributed by atoms with Gasteiger partial charge < -0.3 is 11.1 Å². The fraction of sp³-hybridized carbons (Fsp3) is 0.727. The number of rotatable bonds is 3. The van der Waals surface area contributed by atoms with Crippen molar-refractivity contribution in [3.8, 4) is 0 Å². The molecule has 1 saturated carbocycles. The van der Waals surface area contributed by atoms with Gasteiger partial charge in [0.2, 0.25) is 11.0 Å². The Morgan fingerprint density at radius 3 is 2.88 bits per heavy atom. The highest BCUT2D eigenvalue weighted by Crippen LogP contribution is 2.25. The smallest absolute Gasteiger partial charge is 0.230 e. The second-order valence-electron chi connectivity index (χ2n) is 4.40. The van der Waals surface area contributed by atoms with Crippen LogP contribution >= 0.6 is 11.3 Å². The lowest BCUT2D eigenvalue weighted by atomic mass is 9.84. The largest absolute Gasteiger partial charge is 0.327 e. The number of anilines is 1. The molecular formula is C11H18N4OS. The van der Waals surface area contributed by atoms with E-state index in [-0.39, 0.29) is 17.9 Å². The number of carbonyl (C=O) groups is 1. The van der Waals surface area contributed by atoms with Gasteiger partial charge in [0.15, 0.2) is 0 Å². The summed E-state index contributed by atoms with van der Waals surface area (Å²) in [6.45, 7) is 2.02. The third kappa shape index (κ3) is 3.01. The number of aromatic nitrogens is 2. The third-order valence-electron chi connectivity index (χ3n) is 3.16. The molecular weight excluding hydrogens is 236 g/mol. The zero-order valence-electron chi connectivity index (χ0n) is 9.98.